The van der Waals surface area contributed by atoms with Crippen molar-refractivity contribution >= 4 is 5.91 Å². The summed E-state index contributed by atoms with van der Waals surface area (Å²) < 4.78 is 5.06. The van der Waals surface area contributed by atoms with Crippen molar-refractivity contribution in [2.75, 3.05) is 20.3 Å². The molecule has 2 aromatic rings. The predicted octanol–water partition coefficient (Wildman–Crippen LogP) is 1.18. The van der Waals surface area contributed by atoms with Crippen molar-refractivity contribution in [3.05, 3.63) is 42.2 Å². The van der Waals surface area contributed by atoms with Crippen LogP contribution in [0, 0.1) is 0 Å². The number of hydrogen-bond acceptors (Lipinski definition) is 5. The molecule has 1 amide bonds. The Morgan fingerprint density at radius 2 is 2.10 bits per heavy atom. The van der Waals surface area contributed by atoms with Crippen LogP contribution in [0.4, 0.5) is 0 Å². The number of nitrogens with zero attached hydrogens (tertiary/aromatic N) is 1. The Morgan fingerprint density at radius 1 is 1.29 bits per heavy atom. The van der Waals surface area contributed by atoms with Crippen LogP contribution in [0.25, 0.3) is 11.1 Å². The third kappa shape index (κ3) is 3.49. The van der Waals surface area contributed by atoms with Crippen molar-refractivity contribution in [2.24, 2.45) is 0 Å². The summed E-state index contributed by atoms with van der Waals surface area (Å²) in [4.78, 5) is 15.9. The highest BCUT2D eigenvalue weighted by molar-refractivity contribution is 5.95. The first-order valence-corrected chi connectivity index (χ1v) is 6.37. The fourth-order valence-electron chi connectivity index (χ4n) is 1.85. The maximum atomic E-state index is 11.8. The minimum Gasteiger partial charge on any atom is -0.504 e. The summed E-state index contributed by atoms with van der Waals surface area (Å²) in [6.45, 7) is 0.0735. The molecule has 1 heterocycles. The minimum atomic E-state index is -0.302. The summed E-state index contributed by atoms with van der Waals surface area (Å²) in [5.41, 5.74) is 1.90. The molecule has 0 atom stereocenters. The van der Waals surface area contributed by atoms with E-state index in [1.54, 1.807) is 24.4 Å². The number of aromatic hydroxyl groups is 1. The monoisotopic (exact) mass is 288 g/mol. The molecule has 0 aliphatic heterocycles. The molecule has 2 rings (SSSR count). The van der Waals surface area contributed by atoms with Crippen molar-refractivity contribution in [1.29, 1.82) is 0 Å². The van der Waals surface area contributed by atoms with Gasteiger partial charge in [-0.2, -0.15) is 0 Å². The molecule has 0 saturated carbocycles. The van der Waals surface area contributed by atoms with E-state index in [0.29, 0.717) is 11.3 Å². The van der Waals surface area contributed by atoms with Crippen LogP contribution >= 0.6 is 0 Å². The van der Waals surface area contributed by atoms with Crippen molar-refractivity contribution < 1.29 is 19.7 Å². The minimum absolute atomic E-state index is 0.0473. The summed E-state index contributed by atoms with van der Waals surface area (Å²) >= 11 is 0. The quantitative estimate of drug-likeness (QED) is 0.768. The number of nitrogens with one attached hydrogen (secondary N) is 1. The van der Waals surface area contributed by atoms with Crippen molar-refractivity contribution in [2.45, 2.75) is 0 Å². The van der Waals surface area contributed by atoms with Gasteiger partial charge >= 0.3 is 0 Å². The highest BCUT2D eigenvalue weighted by Gasteiger charge is 2.09. The Hall–Kier alpha value is -2.60. The Labute approximate surface area is 122 Å². The molecule has 0 spiro atoms. The van der Waals surface area contributed by atoms with Crippen molar-refractivity contribution in [3.8, 4) is 22.6 Å². The third-order valence-electron chi connectivity index (χ3n) is 2.91. The SMILES string of the molecule is COc1cc(-c2cncc(C(=O)NCCO)c2)ccc1O. The van der Waals surface area contributed by atoms with Crippen LogP contribution in [0.15, 0.2) is 36.7 Å². The largest absolute Gasteiger partial charge is 0.504 e. The van der Waals surface area contributed by atoms with E-state index in [1.165, 1.54) is 19.4 Å². The molecule has 21 heavy (non-hydrogen) atoms. The highest BCUT2D eigenvalue weighted by atomic mass is 16.5. The number of carbonyl (C=O) groups excluding carboxylic acids is 1. The van der Waals surface area contributed by atoms with Gasteiger partial charge in [0.2, 0.25) is 0 Å². The normalized spacial score (nSPS) is 10.2. The number of carbonyl (C=O) groups is 1. The molecule has 0 bridgehead atoms. The van der Waals surface area contributed by atoms with E-state index in [4.69, 9.17) is 9.84 Å². The molecule has 110 valence electrons. The molecule has 6 heteroatoms. The lowest BCUT2D eigenvalue weighted by Crippen LogP contribution is -2.26. The van der Waals surface area contributed by atoms with Gasteiger partial charge in [-0.05, 0) is 23.8 Å². The van der Waals surface area contributed by atoms with Crippen LogP contribution in [0.5, 0.6) is 11.5 Å². The van der Waals surface area contributed by atoms with Crippen LogP contribution in [0.1, 0.15) is 10.4 Å². The summed E-state index contributed by atoms with van der Waals surface area (Å²) in [7, 11) is 1.47. The molecule has 0 saturated heterocycles. The molecular weight excluding hydrogens is 272 g/mol. The van der Waals surface area contributed by atoms with Crippen LogP contribution in [-0.4, -0.2) is 41.4 Å². The number of phenols is 1. The first-order chi connectivity index (χ1) is 10.2. The zero-order valence-corrected chi connectivity index (χ0v) is 11.5. The average Bonchev–Trinajstić information content (AvgIpc) is 2.53. The van der Waals surface area contributed by atoms with Crippen LogP contribution < -0.4 is 10.1 Å². The fourth-order valence-corrected chi connectivity index (χ4v) is 1.85. The third-order valence-corrected chi connectivity index (χ3v) is 2.91. The van der Waals surface area contributed by atoms with Crippen LogP contribution in [-0.2, 0) is 0 Å². The van der Waals surface area contributed by atoms with E-state index in [2.05, 4.69) is 10.3 Å². The predicted molar refractivity (Wildman–Crippen MR) is 77.3 cm³/mol. The number of amides is 1. The van der Waals surface area contributed by atoms with Gasteiger partial charge in [0.1, 0.15) is 0 Å². The molecule has 0 fully saturated rings. The summed E-state index contributed by atoms with van der Waals surface area (Å²) in [6.07, 6.45) is 3.07. The fraction of sp³-hybridized carbons (Fsp3) is 0.200. The molecule has 0 radical (unpaired) electrons. The number of phenolic OH excluding ortho intramolecular Hbond substituents is 1. The molecule has 1 aromatic heterocycles. The van der Waals surface area contributed by atoms with E-state index in [0.717, 1.165) is 11.1 Å². The van der Waals surface area contributed by atoms with Gasteiger partial charge in [-0.15, -0.1) is 0 Å². The number of benzene rings is 1. The zero-order chi connectivity index (χ0) is 15.2. The number of methoxy groups -OCH3 is 1. The number of aliphatic hydroxyl groups excluding tert-OH is 1. The number of aromatic nitrogens is 1. The standard InChI is InChI=1S/C15H16N2O4/c1-21-14-7-10(2-3-13(14)19)11-6-12(9-16-8-11)15(20)17-4-5-18/h2-3,6-9,18-19H,4-5H2,1H3,(H,17,20). The van der Waals surface area contributed by atoms with Crippen molar-refractivity contribution in [1.82, 2.24) is 10.3 Å². The van der Waals surface area contributed by atoms with Gasteiger partial charge in [0.15, 0.2) is 11.5 Å². The number of ether oxygens (including phenoxy) is 1. The lowest BCUT2D eigenvalue weighted by molar-refractivity contribution is 0.0944. The molecular formula is C15H16N2O4. The Morgan fingerprint density at radius 3 is 2.81 bits per heavy atom. The van der Waals surface area contributed by atoms with Gasteiger partial charge in [-0.25, -0.2) is 0 Å². The van der Waals surface area contributed by atoms with E-state index in [1.807, 2.05) is 0 Å². The lowest BCUT2D eigenvalue weighted by Gasteiger charge is -2.08. The topological polar surface area (TPSA) is 91.7 Å². The number of hydrogen-bond donors (Lipinski definition) is 3. The molecule has 0 unspecified atom stereocenters. The Bertz CT molecular complexity index is 643. The van der Waals surface area contributed by atoms with E-state index >= 15 is 0 Å². The van der Waals surface area contributed by atoms with Crippen molar-refractivity contribution in [3.63, 3.8) is 0 Å². The van der Waals surface area contributed by atoms with Crippen LogP contribution in [0.3, 0.4) is 0 Å². The van der Waals surface area contributed by atoms with Gasteiger partial charge < -0.3 is 20.3 Å². The Balaban J connectivity index is 2.30. The lowest BCUT2D eigenvalue weighted by atomic mass is 10.1. The maximum absolute atomic E-state index is 11.8. The van der Waals surface area contributed by atoms with Gasteiger partial charge in [-0.3, -0.25) is 9.78 Å². The average molecular weight is 288 g/mol. The first-order valence-electron chi connectivity index (χ1n) is 6.37. The summed E-state index contributed by atoms with van der Waals surface area (Å²) in [5, 5.41) is 20.9. The molecule has 1 aromatic carbocycles. The maximum Gasteiger partial charge on any atom is 0.252 e. The number of pyridine rings is 1. The molecule has 3 N–H and O–H groups in total. The molecule has 6 nitrogen and oxygen atoms in total. The summed E-state index contributed by atoms with van der Waals surface area (Å²) in [5.74, 6) is 0.0952. The highest BCUT2D eigenvalue weighted by Crippen LogP contribution is 2.31. The van der Waals surface area contributed by atoms with E-state index in [-0.39, 0.29) is 24.8 Å². The van der Waals surface area contributed by atoms with Gasteiger partial charge in [-0.1, -0.05) is 6.07 Å². The molecule has 0 aliphatic carbocycles. The zero-order valence-electron chi connectivity index (χ0n) is 11.5. The van der Waals surface area contributed by atoms with Gasteiger partial charge in [0.25, 0.3) is 5.91 Å². The number of aliphatic hydroxyl groups is 1. The Kier molecular flexibility index (Phi) is 4.73. The second-order valence-electron chi connectivity index (χ2n) is 4.33. The second-order valence-corrected chi connectivity index (χ2v) is 4.33. The summed E-state index contributed by atoms with van der Waals surface area (Å²) in [6, 6.07) is 6.59. The van der Waals surface area contributed by atoms with Gasteiger partial charge in [0.05, 0.1) is 19.3 Å². The van der Waals surface area contributed by atoms with Gasteiger partial charge in [0, 0.05) is 24.5 Å². The van der Waals surface area contributed by atoms with Crippen LogP contribution in [0.2, 0.25) is 0 Å². The smallest absolute Gasteiger partial charge is 0.252 e. The molecule has 0 aliphatic rings. The van der Waals surface area contributed by atoms with E-state index in [9.17, 15) is 9.90 Å². The second kappa shape index (κ2) is 6.71. The first kappa shape index (κ1) is 14.8. The van der Waals surface area contributed by atoms with E-state index < -0.39 is 0 Å². The number of rotatable bonds is 5.